The van der Waals surface area contributed by atoms with Crippen LogP contribution in [0.3, 0.4) is 0 Å². The van der Waals surface area contributed by atoms with Crippen molar-refractivity contribution in [2.24, 2.45) is 0 Å². The zero-order chi connectivity index (χ0) is 10.6. The summed E-state index contributed by atoms with van der Waals surface area (Å²) in [6.07, 6.45) is 1.64. The average Bonchev–Trinajstić information content (AvgIpc) is 2.19. The van der Waals surface area contributed by atoms with Crippen LogP contribution >= 0.6 is 11.8 Å². The average molecular weight is 211 g/mol. The molecule has 0 fully saturated rings. The zero-order valence-electron chi connectivity index (χ0n) is 8.48. The van der Waals surface area contributed by atoms with Gasteiger partial charge in [-0.05, 0) is 30.5 Å². The number of nitrogens with zero attached hydrogens (tertiary/aromatic N) is 1. The molecule has 0 saturated carbocycles. The molecule has 0 N–H and O–H groups in total. The first-order valence-electron chi connectivity index (χ1n) is 4.16. The van der Waals surface area contributed by atoms with Gasteiger partial charge >= 0.3 is 6.09 Å². The van der Waals surface area contributed by atoms with Crippen LogP contribution in [0.2, 0.25) is 0 Å². The van der Waals surface area contributed by atoms with Crippen molar-refractivity contribution in [3.8, 4) is 5.75 Å². The smallest absolute Gasteiger partial charge is 0.410 e. The summed E-state index contributed by atoms with van der Waals surface area (Å²) in [5, 5.41) is 0. The monoisotopic (exact) mass is 211 g/mol. The standard InChI is InChI=1S/C10H13NO2S/c1-11(2)10(12)13-8-4-6-9(14-3)7-5-8/h4-7H,1-3H3. The largest absolute Gasteiger partial charge is 0.414 e. The molecule has 0 aliphatic carbocycles. The van der Waals surface area contributed by atoms with Crippen molar-refractivity contribution in [3.63, 3.8) is 0 Å². The third-order valence-electron chi connectivity index (χ3n) is 1.63. The van der Waals surface area contributed by atoms with Crippen molar-refractivity contribution in [1.82, 2.24) is 4.90 Å². The molecule has 1 aromatic rings. The van der Waals surface area contributed by atoms with Gasteiger partial charge in [-0.25, -0.2) is 4.79 Å². The SMILES string of the molecule is CSc1ccc(OC(=O)N(C)C)cc1. The van der Waals surface area contributed by atoms with Crippen molar-refractivity contribution in [3.05, 3.63) is 24.3 Å². The highest BCUT2D eigenvalue weighted by molar-refractivity contribution is 7.98. The molecule has 0 aromatic heterocycles. The molecule has 0 unspecified atom stereocenters. The molecule has 0 atom stereocenters. The third-order valence-corrected chi connectivity index (χ3v) is 2.37. The zero-order valence-corrected chi connectivity index (χ0v) is 9.30. The molecule has 14 heavy (non-hydrogen) atoms. The first-order chi connectivity index (χ1) is 6.63. The summed E-state index contributed by atoms with van der Waals surface area (Å²) < 4.78 is 5.05. The minimum absolute atomic E-state index is 0.359. The number of rotatable bonds is 2. The van der Waals surface area contributed by atoms with E-state index in [9.17, 15) is 4.79 Å². The molecule has 0 bridgehead atoms. The Morgan fingerprint density at radius 2 is 1.86 bits per heavy atom. The van der Waals surface area contributed by atoms with E-state index < -0.39 is 0 Å². The van der Waals surface area contributed by atoms with Gasteiger partial charge in [-0.2, -0.15) is 0 Å². The lowest BCUT2D eigenvalue weighted by atomic mass is 10.3. The van der Waals surface area contributed by atoms with Crippen LogP contribution in [0, 0.1) is 0 Å². The summed E-state index contributed by atoms with van der Waals surface area (Å²) in [7, 11) is 3.30. The van der Waals surface area contributed by atoms with Crippen LogP contribution in [-0.4, -0.2) is 31.3 Å². The van der Waals surface area contributed by atoms with Crippen LogP contribution in [0.5, 0.6) is 5.75 Å². The Hall–Kier alpha value is -1.16. The number of hydrogen-bond acceptors (Lipinski definition) is 3. The second-order valence-electron chi connectivity index (χ2n) is 2.94. The molecule has 1 rings (SSSR count). The van der Waals surface area contributed by atoms with E-state index >= 15 is 0 Å². The van der Waals surface area contributed by atoms with Gasteiger partial charge in [-0.1, -0.05) is 0 Å². The van der Waals surface area contributed by atoms with Crippen molar-refractivity contribution in [1.29, 1.82) is 0 Å². The van der Waals surface area contributed by atoms with Crippen molar-refractivity contribution < 1.29 is 9.53 Å². The van der Waals surface area contributed by atoms with Gasteiger partial charge in [0.2, 0.25) is 0 Å². The van der Waals surface area contributed by atoms with Crippen molar-refractivity contribution in [2.45, 2.75) is 4.90 Å². The van der Waals surface area contributed by atoms with E-state index in [4.69, 9.17) is 4.74 Å². The normalized spacial score (nSPS) is 9.64. The molecule has 3 nitrogen and oxygen atoms in total. The van der Waals surface area contributed by atoms with Gasteiger partial charge in [-0.3, -0.25) is 0 Å². The summed E-state index contributed by atoms with van der Waals surface area (Å²) in [6, 6.07) is 7.41. The highest BCUT2D eigenvalue weighted by Gasteiger charge is 2.05. The summed E-state index contributed by atoms with van der Waals surface area (Å²) in [5.41, 5.74) is 0. The first-order valence-corrected chi connectivity index (χ1v) is 5.39. The first kappa shape index (κ1) is 10.9. The van der Waals surface area contributed by atoms with E-state index in [1.54, 1.807) is 38.0 Å². The maximum atomic E-state index is 11.2. The predicted octanol–water partition coefficient (Wildman–Crippen LogP) is 2.47. The Morgan fingerprint density at radius 3 is 2.29 bits per heavy atom. The van der Waals surface area contributed by atoms with Gasteiger partial charge in [0, 0.05) is 19.0 Å². The number of benzene rings is 1. The topological polar surface area (TPSA) is 29.5 Å². The molecule has 0 spiro atoms. The number of carbonyl (C=O) groups excluding carboxylic acids is 1. The van der Waals surface area contributed by atoms with Crippen LogP contribution in [-0.2, 0) is 0 Å². The van der Waals surface area contributed by atoms with E-state index in [-0.39, 0.29) is 6.09 Å². The van der Waals surface area contributed by atoms with Gasteiger partial charge in [0.1, 0.15) is 5.75 Å². The molecule has 76 valence electrons. The lowest BCUT2D eigenvalue weighted by molar-refractivity contribution is 0.172. The fourth-order valence-corrected chi connectivity index (χ4v) is 1.24. The molecule has 0 saturated heterocycles. The minimum atomic E-state index is -0.359. The second kappa shape index (κ2) is 4.91. The lowest BCUT2D eigenvalue weighted by Gasteiger charge is -2.10. The lowest BCUT2D eigenvalue weighted by Crippen LogP contribution is -2.25. The Morgan fingerprint density at radius 1 is 1.29 bits per heavy atom. The summed E-state index contributed by atoms with van der Waals surface area (Å²) >= 11 is 1.65. The minimum Gasteiger partial charge on any atom is -0.410 e. The number of carbonyl (C=O) groups is 1. The van der Waals surface area contributed by atoms with Gasteiger partial charge < -0.3 is 9.64 Å². The predicted molar refractivity (Wildman–Crippen MR) is 57.9 cm³/mol. The fraction of sp³-hybridized carbons (Fsp3) is 0.300. The molecule has 0 radical (unpaired) electrons. The molecular formula is C10H13NO2S. The Balaban J connectivity index is 2.64. The van der Waals surface area contributed by atoms with Crippen LogP contribution in [0.4, 0.5) is 4.79 Å². The van der Waals surface area contributed by atoms with Gasteiger partial charge in [0.25, 0.3) is 0 Å². The molecule has 0 aliphatic rings. The van der Waals surface area contributed by atoms with E-state index in [0.717, 1.165) is 4.90 Å². The van der Waals surface area contributed by atoms with Crippen molar-refractivity contribution in [2.75, 3.05) is 20.4 Å². The number of amides is 1. The Bertz CT molecular complexity index is 308. The summed E-state index contributed by atoms with van der Waals surface area (Å²) in [5.74, 6) is 0.571. The van der Waals surface area contributed by atoms with E-state index in [0.29, 0.717) is 5.75 Å². The van der Waals surface area contributed by atoms with E-state index in [1.807, 2.05) is 18.4 Å². The maximum Gasteiger partial charge on any atom is 0.414 e. The van der Waals surface area contributed by atoms with Crippen LogP contribution in [0.15, 0.2) is 29.2 Å². The van der Waals surface area contributed by atoms with Crippen LogP contribution in [0.1, 0.15) is 0 Å². The fourth-order valence-electron chi connectivity index (χ4n) is 0.836. The number of thioether (sulfide) groups is 1. The van der Waals surface area contributed by atoms with Gasteiger partial charge in [0.15, 0.2) is 0 Å². The number of ether oxygens (including phenoxy) is 1. The van der Waals surface area contributed by atoms with Crippen molar-refractivity contribution >= 4 is 17.9 Å². The van der Waals surface area contributed by atoms with Crippen LogP contribution in [0.25, 0.3) is 0 Å². The van der Waals surface area contributed by atoms with Crippen LogP contribution < -0.4 is 4.74 Å². The maximum absolute atomic E-state index is 11.2. The summed E-state index contributed by atoms with van der Waals surface area (Å²) in [4.78, 5) is 13.7. The van der Waals surface area contributed by atoms with Gasteiger partial charge in [-0.15, -0.1) is 11.8 Å². The molecule has 1 amide bonds. The third kappa shape index (κ3) is 2.96. The molecule has 0 heterocycles. The van der Waals surface area contributed by atoms with E-state index in [2.05, 4.69) is 0 Å². The molecular weight excluding hydrogens is 198 g/mol. The highest BCUT2D eigenvalue weighted by atomic mass is 32.2. The second-order valence-corrected chi connectivity index (χ2v) is 3.82. The quantitative estimate of drug-likeness (QED) is 0.704. The van der Waals surface area contributed by atoms with Gasteiger partial charge in [0.05, 0.1) is 0 Å². The number of hydrogen-bond donors (Lipinski definition) is 0. The molecule has 1 aromatic carbocycles. The molecule has 4 heteroatoms. The Kier molecular flexibility index (Phi) is 3.83. The molecule has 0 aliphatic heterocycles. The van der Waals surface area contributed by atoms with E-state index in [1.165, 1.54) is 4.90 Å². The Labute approximate surface area is 88.0 Å². The highest BCUT2D eigenvalue weighted by Crippen LogP contribution is 2.19. The summed E-state index contributed by atoms with van der Waals surface area (Å²) in [6.45, 7) is 0.